The normalized spacial score (nSPS) is 20.7. The molecule has 0 radical (unpaired) electrons. The van der Waals surface area contributed by atoms with Gasteiger partial charge in [0.15, 0.2) is 0 Å². The van der Waals surface area contributed by atoms with Crippen LogP contribution in [0.4, 0.5) is 0 Å². The molecule has 6 nitrogen and oxygen atoms in total. The molecule has 6 heteroatoms. The lowest BCUT2D eigenvalue weighted by atomic mass is 10.2. The van der Waals surface area contributed by atoms with Crippen molar-refractivity contribution in [1.29, 1.82) is 0 Å². The van der Waals surface area contributed by atoms with Gasteiger partial charge < -0.3 is 10.1 Å². The van der Waals surface area contributed by atoms with Crippen molar-refractivity contribution in [3.8, 4) is 0 Å². The molecule has 1 atom stereocenters. The zero-order valence-electron chi connectivity index (χ0n) is 12.9. The molecule has 0 spiro atoms. The fourth-order valence-corrected chi connectivity index (χ4v) is 2.45. The Kier molecular flexibility index (Phi) is 5.94. The van der Waals surface area contributed by atoms with E-state index >= 15 is 0 Å². The Bertz CT molecular complexity index is 393. The lowest BCUT2D eigenvalue weighted by molar-refractivity contribution is -0.0131. The lowest BCUT2D eigenvalue weighted by Gasteiger charge is -2.35. The van der Waals surface area contributed by atoms with Gasteiger partial charge in [0.05, 0.1) is 19.8 Å². The molecule has 1 aromatic heterocycles. The standard InChI is InChI=1S/C14H27N5O/c1-4-5-19-14(16-11-17-19)9-18-6-7-20-10-13(18)8-15-12(2)3/h11-13,15H,4-10H2,1-3H3. The summed E-state index contributed by atoms with van der Waals surface area (Å²) in [5.74, 6) is 1.06. The van der Waals surface area contributed by atoms with Crippen LogP contribution in [-0.2, 0) is 17.8 Å². The smallest absolute Gasteiger partial charge is 0.141 e. The zero-order chi connectivity index (χ0) is 14.4. The summed E-state index contributed by atoms with van der Waals surface area (Å²) in [6.45, 7) is 11.8. The van der Waals surface area contributed by atoms with E-state index in [9.17, 15) is 0 Å². The molecule has 20 heavy (non-hydrogen) atoms. The third kappa shape index (κ3) is 4.26. The Morgan fingerprint density at radius 1 is 1.50 bits per heavy atom. The number of morpholine rings is 1. The number of nitrogens with zero attached hydrogens (tertiary/aromatic N) is 4. The van der Waals surface area contributed by atoms with E-state index in [2.05, 4.69) is 41.1 Å². The number of aromatic nitrogens is 3. The van der Waals surface area contributed by atoms with E-state index in [1.54, 1.807) is 6.33 Å². The van der Waals surface area contributed by atoms with Crippen LogP contribution in [0, 0.1) is 0 Å². The molecule has 1 aromatic rings. The van der Waals surface area contributed by atoms with Gasteiger partial charge in [-0.1, -0.05) is 20.8 Å². The summed E-state index contributed by atoms with van der Waals surface area (Å²) >= 11 is 0. The van der Waals surface area contributed by atoms with Crippen LogP contribution >= 0.6 is 0 Å². The van der Waals surface area contributed by atoms with E-state index in [0.29, 0.717) is 12.1 Å². The van der Waals surface area contributed by atoms with Gasteiger partial charge in [-0.15, -0.1) is 0 Å². The largest absolute Gasteiger partial charge is 0.378 e. The van der Waals surface area contributed by atoms with Gasteiger partial charge in [0.1, 0.15) is 12.2 Å². The van der Waals surface area contributed by atoms with Gasteiger partial charge >= 0.3 is 0 Å². The van der Waals surface area contributed by atoms with Crippen molar-refractivity contribution in [1.82, 2.24) is 25.0 Å². The van der Waals surface area contributed by atoms with Gasteiger partial charge in [0.25, 0.3) is 0 Å². The topological polar surface area (TPSA) is 55.2 Å². The zero-order valence-corrected chi connectivity index (χ0v) is 12.9. The first-order chi connectivity index (χ1) is 9.70. The van der Waals surface area contributed by atoms with Crippen LogP contribution in [0.2, 0.25) is 0 Å². The van der Waals surface area contributed by atoms with Gasteiger partial charge in [-0.25, -0.2) is 9.67 Å². The second kappa shape index (κ2) is 7.71. The van der Waals surface area contributed by atoms with E-state index in [1.807, 2.05) is 4.68 Å². The quantitative estimate of drug-likeness (QED) is 0.804. The van der Waals surface area contributed by atoms with Gasteiger partial charge in [-0.05, 0) is 6.42 Å². The van der Waals surface area contributed by atoms with E-state index in [0.717, 1.165) is 51.6 Å². The number of hydrogen-bond donors (Lipinski definition) is 1. The molecule has 2 rings (SSSR count). The second-order valence-corrected chi connectivity index (χ2v) is 5.66. The van der Waals surface area contributed by atoms with Crippen LogP contribution in [0.3, 0.4) is 0 Å². The summed E-state index contributed by atoms with van der Waals surface area (Å²) in [6, 6.07) is 0.917. The molecular weight excluding hydrogens is 254 g/mol. The first kappa shape index (κ1) is 15.4. The highest BCUT2D eigenvalue weighted by Gasteiger charge is 2.24. The monoisotopic (exact) mass is 281 g/mol. The average Bonchev–Trinajstić information content (AvgIpc) is 2.85. The fourth-order valence-electron chi connectivity index (χ4n) is 2.45. The van der Waals surface area contributed by atoms with Crippen molar-refractivity contribution in [2.75, 3.05) is 26.3 Å². The fraction of sp³-hybridized carbons (Fsp3) is 0.857. The van der Waals surface area contributed by atoms with Gasteiger partial charge in [0, 0.05) is 31.7 Å². The summed E-state index contributed by atoms with van der Waals surface area (Å²) < 4.78 is 7.63. The maximum atomic E-state index is 5.62. The molecule has 0 aliphatic carbocycles. The predicted molar refractivity (Wildman–Crippen MR) is 78.5 cm³/mol. The molecule has 1 saturated heterocycles. The number of hydrogen-bond acceptors (Lipinski definition) is 5. The molecule has 0 bridgehead atoms. The molecule has 2 heterocycles. The average molecular weight is 281 g/mol. The minimum atomic E-state index is 0.415. The molecule has 1 N–H and O–H groups in total. The van der Waals surface area contributed by atoms with Crippen LogP contribution < -0.4 is 5.32 Å². The molecule has 1 aliphatic heterocycles. The Hall–Kier alpha value is -0.980. The number of ether oxygens (including phenoxy) is 1. The molecule has 0 amide bonds. The molecule has 0 aromatic carbocycles. The number of rotatable bonds is 7. The molecular formula is C14H27N5O. The van der Waals surface area contributed by atoms with Crippen molar-refractivity contribution < 1.29 is 4.74 Å². The van der Waals surface area contributed by atoms with Crippen LogP contribution in [-0.4, -0.2) is 58.1 Å². The Morgan fingerprint density at radius 3 is 3.10 bits per heavy atom. The van der Waals surface area contributed by atoms with Crippen molar-refractivity contribution >= 4 is 0 Å². The maximum absolute atomic E-state index is 5.62. The molecule has 0 saturated carbocycles. The summed E-state index contributed by atoms with van der Waals surface area (Å²) in [6.07, 6.45) is 2.74. The van der Waals surface area contributed by atoms with Crippen LogP contribution in [0.15, 0.2) is 6.33 Å². The van der Waals surface area contributed by atoms with Gasteiger partial charge in [0.2, 0.25) is 0 Å². The first-order valence-electron chi connectivity index (χ1n) is 7.62. The highest BCUT2D eigenvalue weighted by Crippen LogP contribution is 2.11. The summed E-state index contributed by atoms with van der Waals surface area (Å²) in [4.78, 5) is 6.86. The molecule has 114 valence electrons. The summed E-state index contributed by atoms with van der Waals surface area (Å²) in [5.41, 5.74) is 0. The third-order valence-electron chi connectivity index (χ3n) is 3.59. The van der Waals surface area contributed by atoms with E-state index in [4.69, 9.17) is 4.74 Å². The number of nitrogens with one attached hydrogen (secondary N) is 1. The Balaban J connectivity index is 1.95. The van der Waals surface area contributed by atoms with Crippen molar-refractivity contribution in [3.63, 3.8) is 0 Å². The second-order valence-electron chi connectivity index (χ2n) is 5.66. The van der Waals surface area contributed by atoms with Gasteiger partial charge in [-0.3, -0.25) is 4.90 Å². The van der Waals surface area contributed by atoms with Crippen molar-refractivity contribution in [2.24, 2.45) is 0 Å². The van der Waals surface area contributed by atoms with Crippen molar-refractivity contribution in [3.05, 3.63) is 12.2 Å². The summed E-state index contributed by atoms with van der Waals surface area (Å²) in [5, 5.41) is 7.80. The highest BCUT2D eigenvalue weighted by molar-refractivity contribution is 4.88. The minimum Gasteiger partial charge on any atom is -0.378 e. The van der Waals surface area contributed by atoms with Crippen LogP contribution in [0.25, 0.3) is 0 Å². The lowest BCUT2D eigenvalue weighted by Crippen LogP contribution is -2.51. The predicted octanol–water partition coefficient (Wildman–Crippen LogP) is 0.887. The SMILES string of the molecule is CCCn1ncnc1CN1CCOCC1CNC(C)C. The molecule has 1 aliphatic rings. The molecule has 1 unspecified atom stereocenters. The van der Waals surface area contributed by atoms with E-state index in [-0.39, 0.29) is 0 Å². The third-order valence-corrected chi connectivity index (χ3v) is 3.59. The first-order valence-corrected chi connectivity index (χ1v) is 7.62. The van der Waals surface area contributed by atoms with Gasteiger partial charge in [-0.2, -0.15) is 5.10 Å². The van der Waals surface area contributed by atoms with E-state index < -0.39 is 0 Å². The minimum absolute atomic E-state index is 0.415. The number of aryl methyl sites for hydroxylation is 1. The highest BCUT2D eigenvalue weighted by atomic mass is 16.5. The summed E-state index contributed by atoms with van der Waals surface area (Å²) in [7, 11) is 0. The maximum Gasteiger partial charge on any atom is 0.141 e. The van der Waals surface area contributed by atoms with Crippen LogP contribution in [0.1, 0.15) is 33.0 Å². The Labute approximate surface area is 121 Å². The van der Waals surface area contributed by atoms with Crippen LogP contribution in [0.5, 0.6) is 0 Å². The molecule has 1 fully saturated rings. The van der Waals surface area contributed by atoms with Crippen molar-refractivity contribution in [2.45, 2.75) is 52.4 Å². The van der Waals surface area contributed by atoms with E-state index in [1.165, 1.54) is 0 Å². The Morgan fingerprint density at radius 2 is 2.35 bits per heavy atom.